The van der Waals surface area contributed by atoms with Crippen LogP contribution >= 0.6 is 11.3 Å². The molecule has 0 spiro atoms. The third-order valence-corrected chi connectivity index (χ3v) is 7.99. The van der Waals surface area contributed by atoms with Crippen molar-refractivity contribution in [2.24, 2.45) is 5.41 Å². The Morgan fingerprint density at radius 3 is 2.80 bits per heavy atom. The number of aliphatic hydroxyl groups excluding tert-OH is 1. The number of imide groups is 1. The third kappa shape index (κ3) is 5.13. The van der Waals surface area contributed by atoms with Gasteiger partial charge in [-0.3, -0.25) is 19.8 Å². The van der Waals surface area contributed by atoms with Crippen LogP contribution in [0, 0.1) is 5.41 Å². The molecule has 4 rings (SSSR count). The molecule has 3 aliphatic rings. The highest BCUT2D eigenvalue weighted by atomic mass is 32.1. The van der Waals surface area contributed by atoms with Crippen molar-refractivity contribution in [3.05, 3.63) is 21.4 Å². The number of aliphatic hydroxyl groups is 1. The van der Waals surface area contributed by atoms with Gasteiger partial charge in [0.2, 0.25) is 5.91 Å². The van der Waals surface area contributed by atoms with Crippen LogP contribution < -0.4 is 5.32 Å². The van der Waals surface area contributed by atoms with Gasteiger partial charge in [-0.05, 0) is 69.5 Å². The summed E-state index contributed by atoms with van der Waals surface area (Å²) in [7, 11) is 0. The van der Waals surface area contributed by atoms with Crippen molar-refractivity contribution in [3.8, 4) is 0 Å². The predicted octanol–water partition coefficient (Wildman–Crippen LogP) is 2.92. The molecule has 2 saturated heterocycles. The van der Waals surface area contributed by atoms with Gasteiger partial charge in [-0.1, -0.05) is 12.8 Å². The Hall–Kier alpha value is -1.28. The van der Waals surface area contributed by atoms with Crippen LogP contribution in [0.1, 0.15) is 71.5 Å². The molecule has 0 radical (unpaired) electrons. The number of piperidine rings is 1. The fourth-order valence-corrected chi connectivity index (χ4v) is 6.23. The summed E-state index contributed by atoms with van der Waals surface area (Å²) in [4.78, 5) is 30.4. The lowest BCUT2D eigenvalue weighted by Gasteiger charge is -2.41. The maximum Gasteiger partial charge on any atom is 0.267 e. The molecule has 2 fully saturated rings. The van der Waals surface area contributed by atoms with Crippen LogP contribution in [0.15, 0.2) is 6.07 Å². The van der Waals surface area contributed by atoms with Crippen molar-refractivity contribution < 1.29 is 19.4 Å². The zero-order valence-corrected chi connectivity index (χ0v) is 18.6. The molecule has 2 amide bonds. The molecule has 2 atom stereocenters. The van der Waals surface area contributed by atoms with Gasteiger partial charge in [-0.15, -0.1) is 11.3 Å². The number of fused-ring (bicyclic) bond motifs is 1. The highest BCUT2D eigenvalue weighted by Gasteiger charge is 2.43. The molecule has 0 bridgehead atoms. The lowest BCUT2D eigenvalue weighted by Crippen LogP contribution is -2.55. The van der Waals surface area contributed by atoms with Gasteiger partial charge in [0.1, 0.15) is 0 Å². The van der Waals surface area contributed by atoms with E-state index in [4.69, 9.17) is 4.74 Å². The zero-order valence-electron chi connectivity index (χ0n) is 17.8. The number of aryl methyl sites for hydroxylation is 2. The number of rotatable bonds is 4. The fraction of sp³-hybridized carbons (Fsp3) is 0.739. The number of β-amino-alcohol motifs (C(OH)–C–C–N with tert-alkyl or cyclic N) is 1. The first-order valence-corrected chi connectivity index (χ1v) is 12.3. The Kier molecular flexibility index (Phi) is 7.24. The minimum Gasteiger partial charge on any atom is -0.392 e. The van der Waals surface area contributed by atoms with E-state index in [-0.39, 0.29) is 17.9 Å². The van der Waals surface area contributed by atoms with Gasteiger partial charge >= 0.3 is 0 Å². The van der Waals surface area contributed by atoms with Crippen LogP contribution in [0.5, 0.6) is 0 Å². The summed E-state index contributed by atoms with van der Waals surface area (Å²) in [6, 6.07) is 2.00. The van der Waals surface area contributed by atoms with Gasteiger partial charge in [-0.2, -0.15) is 0 Å². The van der Waals surface area contributed by atoms with Gasteiger partial charge in [0, 0.05) is 24.6 Å². The van der Waals surface area contributed by atoms with E-state index >= 15 is 0 Å². The largest absolute Gasteiger partial charge is 0.392 e. The third-order valence-electron chi connectivity index (χ3n) is 6.76. The van der Waals surface area contributed by atoms with Crippen molar-refractivity contribution in [1.82, 2.24) is 10.2 Å². The molecule has 1 aromatic heterocycles. The summed E-state index contributed by atoms with van der Waals surface area (Å²) in [5, 5.41) is 12.7. The summed E-state index contributed by atoms with van der Waals surface area (Å²) < 4.78 is 5.70. The molecule has 0 aromatic carbocycles. The summed E-state index contributed by atoms with van der Waals surface area (Å²) >= 11 is 1.55. The van der Waals surface area contributed by atoms with Crippen molar-refractivity contribution in [3.63, 3.8) is 0 Å². The van der Waals surface area contributed by atoms with E-state index in [9.17, 15) is 14.7 Å². The first-order chi connectivity index (χ1) is 14.6. The molecule has 2 unspecified atom stereocenters. The van der Waals surface area contributed by atoms with E-state index in [1.165, 1.54) is 36.1 Å². The van der Waals surface area contributed by atoms with Crippen molar-refractivity contribution >= 4 is 23.2 Å². The van der Waals surface area contributed by atoms with Crippen LogP contribution in [-0.4, -0.2) is 60.8 Å². The van der Waals surface area contributed by atoms with Crippen LogP contribution in [0.3, 0.4) is 0 Å². The first kappa shape index (κ1) is 21.9. The first-order valence-electron chi connectivity index (χ1n) is 11.5. The van der Waals surface area contributed by atoms with Gasteiger partial charge in [-0.25, -0.2) is 0 Å². The zero-order chi connectivity index (χ0) is 21.0. The Labute approximate surface area is 183 Å². The number of hydrogen-bond donors (Lipinski definition) is 2. The smallest absolute Gasteiger partial charge is 0.267 e. The standard InChI is InChI=1S/C23H34N2O4S/c26-18-8-5-11-25(14-18)15-23(10-6-12-29-16-23)22(28)24-21(27)20-13-17-7-3-1-2-4-9-19(17)30-20/h13,18,26H,1-12,14-16H2,(H,24,27,28). The molecule has 3 heterocycles. The molecule has 2 aliphatic heterocycles. The number of nitrogens with zero attached hydrogens (tertiary/aromatic N) is 1. The van der Waals surface area contributed by atoms with Crippen molar-refractivity contribution in [2.75, 3.05) is 32.8 Å². The SMILES string of the molecule is O=C(NC(=O)C1(CN2CCCC(O)C2)CCCOC1)c1cc2c(s1)CCCCCC2. The second-order valence-electron chi connectivity index (χ2n) is 9.22. The maximum atomic E-state index is 13.3. The van der Waals surface area contributed by atoms with E-state index in [2.05, 4.69) is 10.2 Å². The molecule has 0 saturated carbocycles. The maximum absolute atomic E-state index is 13.3. The van der Waals surface area contributed by atoms with E-state index in [0.717, 1.165) is 38.6 Å². The summed E-state index contributed by atoms with van der Waals surface area (Å²) in [5.74, 6) is -0.506. The van der Waals surface area contributed by atoms with Crippen LogP contribution in [0.25, 0.3) is 0 Å². The molecule has 6 nitrogen and oxygen atoms in total. The molecule has 2 N–H and O–H groups in total. The number of hydrogen-bond acceptors (Lipinski definition) is 6. The highest BCUT2D eigenvalue weighted by molar-refractivity contribution is 7.14. The Morgan fingerprint density at radius 2 is 2.03 bits per heavy atom. The minimum absolute atomic E-state index is 0.229. The molecule has 7 heteroatoms. The average Bonchev–Trinajstić information content (AvgIpc) is 3.10. The predicted molar refractivity (Wildman–Crippen MR) is 117 cm³/mol. The number of nitrogens with one attached hydrogen (secondary N) is 1. The second-order valence-corrected chi connectivity index (χ2v) is 10.4. The Balaban J connectivity index is 1.45. The molecule has 30 heavy (non-hydrogen) atoms. The van der Waals surface area contributed by atoms with Gasteiger partial charge < -0.3 is 9.84 Å². The number of ether oxygens (including phenoxy) is 1. The number of thiophene rings is 1. The lowest BCUT2D eigenvalue weighted by atomic mass is 9.80. The van der Waals surface area contributed by atoms with Crippen molar-refractivity contribution in [2.45, 2.75) is 70.3 Å². The summed E-state index contributed by atoms with van der Waals surface area (Å²) in [6.45, 7) is 2.98. The fourth-order valence-electron chi connectivity index (χ4n) is 5.08. The van der Waals surface area contributed by atoms with Crippen LogP contribution in [-0.2, 0) is 22.4 Å². The number of carbonyl (C=O) groups is 2. The molecular weight excluding hydrogens is 400 g/mol. The van der Waals surface area contributed by atoms with E-state index < -0.39 is 5.41 Å². The Bertz CT molecular complexity index is 731. The number of likely N-dealkylation sites (tertiary alicyclic amines) is 1. The highest BCUT2D eigenvalue weighted by Crippen LogP contribution is 2.32. The molecule has 1 aliphatic carbocycles. The van der Waals surface area contributed by atoms with E-state index in [0.29, 0.717) is 37.6 Å². The quantitative estimate of drug-likeness (QED) is 0.713. The molecular formula is C23H34N2O4S. The summed E-state index contributed by atoms with van der Waals surface area (Å²) in [6.07, 6.45) is 9.85. The van der Waals surface area contributed by atoms with E-state index in [1.54, 1.807) is 11.3 Å². The van der Waals surface area contributed by atoms with Gasteiger partial charge in [0.05, 0.1) is 23.0 Å². The molecule has 166 valence electrons. The van der Waals surface area contributed by atoms with Crippen molar-refractivity contribution in [1.29, 1.82) is 0 Å². The second kappa shape index (κ2) is 9.90. The van der Waals surface area contributed by atoms with Crippen LogP contribution in [0.2, 0.25) is 0 Å². The monoisotopic (exact) mass is 434 g/mol. The van der Waals surface area contributed by atoms with Gasteiger partial charge in [0.25, 0.3) is 5.91 Å². The van der Waals surface area contributed by atoms with Gasteiger partial charge in [0.15, 0.2) is 0 Å². The Morgan fingerprint density at radius 1 is 1.20 bits per heavy atom. The van der Waals surface area contributed by atoms with E-state index in [1.807, 2.05) is 6.07 Å². The average molecular weight is 435 g/mol. The molecule has 1 aromatic rings. The van der Waals surface area contributed by atoms with Crippen LogP contribution in [0.4, 0.5) is 0 Å². The number of amides is 2. The minimum atomic E-state index is -0.725. The number of carbonyl (C=O) groups excluding carboxylic acids is 2. The normalized spacial score (nSPS) is 28.2. The topological polar surface area (TPSA) is 78.9 Å². The lowest BCUT2D eigenvalue weighted by molar-refractivity contribution is -0.141. The summed E-state index contributed by atoms with van der Waals surface area (Å²) in [5.41, 5.74) is 0.562.